The summed E-state index contributed by atoms with van der Waals surface area (Å²) < 4.78 is 7.10. The molecule has 0 saturated carbocycles. The number of ether oxygens (including phenoxy) is 1. The minimum atomic E-state index is -0.205. The van der Waals surface area contributed by atoms with E-state index >= 15 is 0 Å². The van der Waals surface area contributed by atoms with Crippen LogP contribution in [0.5, 0.6) is 0 Å². The third kappa shape index (κ3) is 6.13. The molecule has 0 unspecified atom stereocenters. The molecule has 0 bridgehead atoms. The first-order chi connectivity index (χ1) is 13.4. The van der Waals surface area contributed by atoms with E-state index in [1.807, 2.05) is 60.3 Å². The van der Waals surface area contributed by atoms with Crippen molar-refractivity contribution in [2.45, 2.75) is 13.1 Å². The Balaban J connectivity index is 2.18. The molecule has 7 heteroatoms. The van der Waals surface area contributed by atoms with E-state index in [-0.39, 0.29) is 18.5 Å². The standard InChI is InChI=1S/C21H30N4O3/c1-22(2)21(27)24(13-14-28-4)17-20(26)25(15-18-9-6-5-7-10-18)16-19-11-8-12-23(19)3/h5-12H,13-17H2,1-4H3. The number of carbonyl (C=O) groups excluding carboxylic acids is 2. The van der Waals surface area contributed by atoms with Gasteiger partial charge in [-0.25, -0.2) is 4.79 Å². The number of methoxy groups -OCH3 is 1. The van der Waals surface area contributed by atoms with Gasteiger partial charge in [0.1, 0.15) is 6.54 Å². The van der Waals surface area contributed by atoms with Crippen LogP contribution in [0.15, 0.2) is 48.7 Å². The molecule has 2 aromatic rings. The van der Waals surface area contributed by atoms with Crippen LogP contribution in [0.4, 0.5) is 4.79 Å². The number of carbonyl (C=O) groups is 2. The molecule has 3 amide bonds. The molecule has 28 heavy (non-hydrogen) atoms. The van der Waals surface area contributed by atoms with Crippen LogP contribution in [-0.4, -0.2) is 72.1 Å². The fourth-order valence-corrected chi connectivity index (χ4v) is 2.88. The second-order valence-corrected chi connectivity index (χ2v) is 6.94. The number of hydrogen-bond donors (Lipinski definition) is 0. The summed E-state index contributed by atoms with van der Waals surface area (Å²) in [5.74, 6) is -0.101. The van der Waals surface area contributed by atoms with E-state index in [0.717, 1.165) is 11.3 Å². The molecule has 0 N–H and O–H groups in total. The van der Waals surface area contributed by atoms with Gasteiger partial charge in [0.05, 0.1) is 13.2 Å². The van der Waals surface area contributed by atoms with Crippen molar-refractivity contribution in [2.24, 2.45) is 7.05 Å². The SMILES string of the molecule is COCCN(CC(=O)N(Cc1ccccc1)Cc1cccn1C)C(=O)N(C)C. The molecule has 0 saturated heterocycles. The summed E-state index contributed by atoms with van der Waals surface area (Å²) in [6.45, 7) is 1.72. The largest absolute Gasteiger partial charge is 0.383 e. The molecule has 0 fully saturated rings. The lowest BCUT2D eigenvalue weighted by Gasteiger charge is -2.29. The van der Waals surface area contributed by atoms with E-state index in [1.54, 1.807) is 26.1 Å². The van der Waals surface area contributed by atoms with Crippen molar-refractivity contribution < 1.29 is 14.3 Å². The van der Waals surface area contributed by atoms with Gasteiger partial charge in [0.15, 0.2) is 0 Å². The highest BCUT2D eigenvalue weighted by Crippen LogP contribution is 2.12. The zero-order valence-corrected chi connectivity index (χ0v) is 17.2. The van der Waals surface area contributed by atoms with Crippen molar-refractivity contribution in [1.29, 1.82) is 0 Å². The number of rotatable bonds is 9. The minimum Gasteiger partial charge on any atom is -0.383 e. The Hall–Kier alpha value is -2.80. The Morgan fingerprint density at radius 3 is 2.29 bits per heavy atom. The van der Waals surface area contributed by atoms with E-state index < -0.39 is 0 Å². The van der Waals surface area contributed by atoms with Gasteiger partial charge in [-0.15, -0.1) is 0 Å². The van der Waals surface area contributed by atoms with Gasteiger partial charge in [-0.3, -0.25) is 4.79 Å². The van der Waals surface area contributed by atoms with Crippen LogP contribution in [0.1, 0.15) is 11.3 Å². The minimum absolute atomic E-state index is 0.0115. The Kier molecular flexibility index (Phi) is 8.07. The first-order valence-corrected chi connectivity index (χ1v) is 9.29. The predicted octanol–water partition coefficient (Wildman–Crippen LogP) is 2.18. The Morgan fingerprint density at radius 1 is 1.00 bits per heavy atom. The molecule has 0 aliphatic heterocycles. The lowest BCUT2D eigenvalue weighted by Crippen LogP contribution is -2.47. The molecule has 1 aromatic heterocycles. The maximum atomic E-state index is 13.1. The van der Waals surface area contributed by atoms with Gasteiger partial charge in [-0.2, -0.15) is 0 Å². The summed E-state index contributed by atoms with van der Waals surface area (Å²) in [7, 11) is 6.90. The van der Waals surface area contributed by atoms with Crippen molar-refractivity contribution >= 4 is 11.9 Å². The molecular formula is C21H30N4O3. The maximum absolute atomic E-state index is 13.1. The highest BCUT2D eigenvalue weighted by Gasteiger charge is 2.23. The second kappa shape index (κ2) is 10.5. The van der Waals surface area contributed by atoms with Crippen molar-refractivity contribution in [3.8, 4) is 0 Å². The summed E-state index contributed by atoms with van der Waals surface area (Å²) in [5.41, 5.74) is 2.08. The van der Waals surface area contributed by atoms with Gasteiger partial charge < -0.3 is 24.0 Å². The molecule has 0 radical (unpaired) electrons. The van der Waals surface area contributed by atoms with Gasteiger partial charge in [0, 0.05) is 53.2 Å². The molecular weight excluding hydrogens is 356 g/mol. The van der Waals surface area contributed by atoms with Crippen molar-refractivity contribution in [3.63, 3.8) is 0 Å². The highest BCUT2D eigenvalue weighted by atomic mass is 16.5. The number of aromatic nitrogens is 1. The summed E-state index contributed by atoms with van der Waals surface area (Å²) in [5, 5.41) is 0. The average Bonchev–Trinajstić information content (AvgIpc) is 3.09. The van der Waals surface area contributed by atoms with Gasteiger partial charge in [0.25, 0.3) is 0 Å². The van der Waals surface area contributed by atoms with Gasteiger partial charge in [-0.05, 0) is 17.7 Å². The van der Waals surface area contributed by atoms with E-state index in [0.29, 0.717) is 26.2 Å². The molecule has 1 aromatic carbocycles. The lowest BCUT2D eigenvalue weighted by molar-refractivity contribution is -0.133. The van der Waals surface area contributed by atoms with Gasteiger partial charge in [-0.1, -0.05) is 30.3 Å². The van der Waals surface area contributed by atoms with Crippen LogP contribution in [0, 0.1) is 0 Å². The van der Waals surface area contributed by atoms with Crippen LogP contribution in [0.2, 0.25) is 0 Å². The molecule has 2 rings (SSSR count). The van der Waals surface area contributed by atoms with Crippen molar-refractivity contribution in [2.75, 3.05) is 40.9 Å². The molecule has 152 valence electrons. The molecule has 0 spiro atoms. The van der Waals surface area contributed by atoms with E-state index in [2.05, 4.69) is 0 Å². The van der Waals surface area contributed by atoms with Crippen molar-refractivity contribution in [3.05, 3.63) is 59.9 Å². The third-order valence-corrected chi connectivity index (χ3v) is 4.52. The maximum Gasteiger partial charge on any atom is 0.320 e. The van der Waals surface area contributed by atoms with Crippen LogP contribution in [0.3, 0.4) is 0 Å². The quantitative estimate of drug-likeness (QED) is 0.664. The highest BCUT2D eigenvalue weighted by molar-refractivity contribution is 5.84. The predicted molar refractivity (Wildman–Crippen MR) is 109 cm³/mol. The Labute approximate surface area is 167 Å². The van der Waals surface area contributed by atoms with Crippen LogP contribution in [0.25, 0.3) is 0 Å². The summed E-state index contributed by atoms with van der Waals surface area (Å²) in [6, 6.07) is 13.6. The molecule has 0 atom stereocenters. The van der Waals surface area contributed by atoms with Gasteiger partial charge >= 0.3 is 6.03 Å². The third-order valence-electron chi connectivity index (χ3n) is 4.52. The lowest BCUT2D eigenvalue weighted by atomic mass is 10.2. The van der Waals surface area contributed by atoms with E-state index in [9.17, 15) is 9.59 Å². The van der Waals surface area contributed by atoms with E-state index in [1.165, 1.54) is 9.80 Å². The van der Waals surface area contributed by atoms with Crippen LogP contribution >= 0.6 is 0 Å². The molecule has 0 aliphatic carbocycles. The number of hydrogen-bond acceptors (Lipinski definition) is 3. The fraction of sp³-hybridized carbons (Fsp3) is 0.429. The summed E-state index contributed by atoms with van der Waals surface area (Å²) in [4.78, 5) is 30.4. The second-order valence-electron chi connectivity index (χ2n) is 6.94. The molecule has 7 nitrogen and oxygen atoms in total. The number of urea groups is 1. The number of nitrogens with zero attached hydrogens (tertiary/aromatic N) is 4. The van der Waals surface area contributed by atoms with Crippen LogP contribution < -0.4 is 0 Å². The van der Waals surface area contributed by atoms with Gasteiger partial charge in [0.2, 0.25) is 5.91 Å². The smallest absolute Gasteiger partial charge is 0.320 e. The van der Waals surface area contributed by atoms with E-state index in [4.69, 9.17) is 4.74 Å². The van der Waals surface area contributed by atoms with Crippen LogP contribution in [-0.2, 0) is 29.7 Å². The number of benzene rings is 1. The summed E-state index contributed by atoms with van der Waals surface area (Å²) in [6.07, 6.45) is 1.96. The topological polar surface area (TPSA) is 58.0 Å². The molecule has 0 aliphatic rings. The number of amides is 3. The molecule has 1 heterocycles. The monoisotopic (exact) mass is 386 g/mol. The Morgan fingerprint density at radius 2 is 1.71 bits per heavy atom. The zero-order chi connectivity index (χ0) is 20.5. The normalized spacial score (nSPS) is 10.6. The summed E-state index contributed by atoms with van der Waals surface area (Å²) >= 11 is 0. The first kappa shape index (κ1) is 21.5. The fourth-order valence-electron chi connectivity index (χ4n) is 2.88. The van der Waals surface area contributed by atoms with Crippen molar-refractivity contribution in [1.82, 2.24) is 19.3 Å². The zero-order valence-electron chi connectivity index (χ0n) is 17.2. The first-order valence-electron chi connectivity index (χ1n) is 9.29. The number of aryl methyl sites for hydroxylation is 1. The Bertz CT molecular complexity index is 758. The average molecular weight is 386 g/mol.